The van der Waals surface area contributed by atoms with Crippen molar-refractivity contribution in [3.63, 3.8) is 0 Å². The number of hydrogen-bond donors (Lipinski definition) is 2. The maximum absolute atomic E-state index is 11.2. The monoisotopic (exact) mass is 276 g/mol. The standard InChI is InChI=1S/C11H14Cl2N2O2/c1-6(15-10(16)5-14)8-3-7(12)4-9(13)11(8)17-2/h3-4,6H,5,14H2,1-2H3,(H,15,16). The first-order chi connectivity index (χ1) is 7.99. The molecule has 6 heteroatoms. The molecule has 1 unspecified atom stereocenters. The minimum Gasteiger partial charge on any atom is -0.495 e. The molecule has 1 aromatic rings. The summed E-state index contributed by atoms with van der Waals surface area (Å²) < 4.78 is 5.19. The normalized spacial score (nSPS) is 12.1. The average molecular weight is 277 g/mol. The third-order valence-corrected chi connectivity index (χ3v) is 2.77. The van der Waals surface area contributed by atoms with Gasteiger partial charge in [0.1, 0.15) is 5.75 Å². The summed E-state index contributed by atoms with van der Waals surface area (Å²) in [5.74, 6) is 0.247. The summed E-state index contributed by atoms with van der Waals surface area (Å²) in [6, 6.07) is 3.01. The van der Waals surface area contributed by atoms with Crippen LogP contribution in [0.2, 0.25) is 10.0 Å². The number of methoxy groups -OCH3 is 1. The second kappa shape index (κ2) is 6.10. The lowest BCUT2D eigenvalue weighted by Gasteiger charge is -2.18. The van der Waals surface area contributed by atoms with E-state index >= 15 is 0 Å². The molecule has 3 N–H and O–H groups in total. The van der Waals surface area contributed by atoms with Crippen molar-refractivity contribution < 1.29 is 9.53 Å². The molecule has 1 aromatic carbocycles. The first-order valence-corrected chi connectivity index (χ1v) is 5.77. The summed E-state index contributed by atoms with van der Waals surface area (Å²) >= 11 is 11.9. The van der Waals surface area contributed by atoms with Crippen LogP contribution in [0.1, 0.15) is 18.5 Å². The van der Waals surface area contributed by atoms with Crippen LogP contribution in [0.3, 0.4) is 0 Å². The van der Waals surface area contributed by atoms with E-state index in [0.717, 1.165) is 0 Å². The van der Waals surface area contributed by atoms with Gasteiger partial charge in [-0.05, 0) is 19.1 Å². The predicted octanol–water partition coefficient (Wildman–Crippen LogP) is 2.14. The van der Waals surface area contributed by atoms with Crippen molar-refractivity contribution in [2.45, 2.75) is 13.0 Å². The molecule has 1 rings (SSSR count). The second-order valence-corrected chi connectivity index (χ2v) is 4.35. The van der Waals surface area contributed by atoms with E-state index in [4.69, 9.17) is 33.7 Å². The number of amides is 1. The van der Waals surface area contributed by atoms with E-state index in [1.165, 1.54) is 7.11 Å². The fourth-order valence-electron chi connectivity index (χ4n) is 1.50. The van der Waals surface area contributed by atoms with Gasteiger partial charge in [-0.15, -0.1) is 0 Å². The van der Waals surface area contributed by atoms with E-state index in [-0.39, 0.29) is 18.5 Å². The van der Waals surface area contributed by atoms with Crippen molar-refractivity contribution in [1.29, 1.82) is 0 Å². The Labute approximate surface area is 110 Å². The fraction of sp³-hybridized carbons (Fsp3) is 0.364. The van der Waals surface area contributed by atoms with Crippen molar-refractivity contribution in [2.75, 3.05) is 13.7 Å². The number of nitrogens with one attached hydrogen (secondary N) is 1. The Hall–Kier alpha value is -0.970. The quantitative estimate of drug-likeness (QED) is 0.886. The van der Waals surface area contributed by atoms with Gasteiger partial charge in [0.25, 0.3) is 0 Å². The number of halogens is 2. The largest absolute Gasteiger partial charge is 0.495 e. The summed E-state index contributed by atoms with van der Waals surface area (Å²) in [7, 11) is 1.51. The Bertz CT molecular complexity index is 424. The van der Waals surface area contributed by atoms with Crippen LogP contribution in [0.5, 0.6) is 5.75 Å². The zero-order valence-electron chi connectivity index (χ0n) is 9.59. The van der Waals surface area contributed by atoms with E-state index in [1.807, 2.05) is 0 Å². The van der Waals surface area contributed by atoms with E-state index in [9.17, 15) is 4.79 Å². The van der Waals surface area contributed by atoms with Crippen molar-refractivity contribution >= 4 is 29.1 Å². The van der Waals surface area contributed by atoms with Crippen LogP contribution in [0.4, 0.5) is 0 Å². The average Bonchev–Trinajstić information content (AvgIpc) is 2.27. The van der Waals surface area contributed by atoms with E-state index in [1.54, 1.807) is 19.1 Å². The molecule has 0 heterocycles. The van der Waals surface area contributed by atoms with Gasteiger partial charge < -0.3 is 15.8 Å². The zero-order valence-corrected chi connectivity index (χ0v) is 11.1. The maximum Gasteiger partial charge on any atom is 0.234 e. The molecule has 0 radical (unpaired) electrons. The van der Waals surface area contributed by atoms with Crippen LogP contribution in [0.15, 0.2) is 12.1 Å². The Morgan fingerprint density at radius 1 is 1.53 bits per heavy atom. The molecule has 17 heavy (non-hydrogen) atoms. The minimum atomic E-state index is -0.280. The van der Waals surface area contributed by atoms with E-state index < -0.39 is 0 Å². The van der Waals surface area contributed by atoms with Gasteiger partial charge in [0.15, 0.2) is 0 Å². The molecule has 0 saturated carbocycles. The van der Waals surface area contributed by atoms with Crippen LogP contribution in [-0.4, -0.2) is 19.6 Å². The van der Waals surface area contributed by atoms with E-state index in [0.29, 0.717) is 21.4 Å². The van der Waals surface area contributed by atoms with Crippen LogP contribution < -0.4 is 15.8 Å². The van der Waals surface area contributed by atoms with Gasteiger partial charge in [-0.3, -0.25) is 4.79 Å². The van der Waals surface area contributed by atoms with Crippen molar-refractivity contribution in [3.05, 3.63) is 27.7 Å². The second-order valence-electron chi connectivity index (χ2n) is 3.50. The lowest BCUT2D eigenvalue weighted by atomic mass is 10.1. The molecule has 4 nitrogen and oxygen atoms in total. The summed E-state index contributed by atoms with van der Waals surface area (Å²) in [5.41, 5.74) is 5.95. The van der Waals surface area contributed by atoms with Gasteiger partial charge in [0.2, 0.25) is 5.91 Å². The summed E-state index contributed by atoms with van der Waals surface area (Å²) in [5, 5.41) is 3.61. The van der Waals surface area contributed by atoms with Gasteiger partial charge >= 0.3 is 0 Å². The van der Waals surface area contributed by atoms with Gasteiger partial charge in [-0.2, -0.15) is 0 Å². The molecule has 0 aliphatic rings. The van der Waals surface area contributed by atoms with Crippen molar-refractivity contribution in [1.82, 2.24) is 5.32 Å². The number of carbonyl (C=O) groups excluding carboxylic acids is 1. The van der Waals surface area contributed by atoms with Gasteiger partial charge in [0, 0.05) is 10.6 Å². The number of carbonyl (C=O) groups is 1. The molecule has 0 spiro atoms. The molecule has 94 valence electrons. The van der Waals surface area contributed by atoms with Gasteiger partial charge in [-0.1, -0.05) is 23.2 Å². The molecule has 0 aliphatic heterocycles. The molecule has 0 fully saturated rings. The third kappa shape index (κ3) is 3.49. The highest BCUT2D eigenvalue weighted by atomic mass is 35.5. The molecule has 0 saturated heterocycles. The fourth-order valence-corrected chi connectivity index (χ4v) is 2.08. The summed E-state index contributed by atoms with van der Waals surface area (Å²) in [6.45, 7) is 1.74. The lowest BCUT2D eigenvalue weighted by molar-refractivity contribution is -0.120. The van der Waals surface area contributed by atoms with Gasteiger partial charge in [-0.25, -0.2) is 0 Å². The summed E-state index contributed by atoms with van der Waals surface area (Å²) in [6.07, 6.45) is 0. The number of nitrogens with two attached hydrogens (primary N) is 1. The van der Waals surface area contributed by atoms with Gasteiger partial charge in [0.05, 0.1) is 24.7 Å². The summed E-state index contributed by atoms with van der Waals surface area (Å²) in [4.78, 5) is 11.2. The number of ether oxygens (including phenoxy) is 1. The maximum atomic E-state index is 11.2. The number of benzene rings is 1. The highest BCUT2D eigenvalue weighted by Crippen LogP contribution is 2.35. The molecule has 1 amide bonds. The molecular formula is C11H14Cl2N2O2. The van der Waals surface area contributed by atoms with Crippen LogP contribution in [0, 0.1) is 0 Å². The minimum absolute atomic E-state index is 0.0685. The Kier molecular flexibility index (Phi) is 5.05. The van der Waals surface area contributed by atoms with Crippen molar-refractivity contribution in [2.24, 2.45) is 5.73 Å². The lowest BCUT2D eigenvalue weighted by Crippen LogP contribution is -2.32. The first-order valence-electron chi connectivity index (χ1n) is 5.02. The van der Waals surface area contributed by atoms with Crippen LogP contribution in [0.25, 0.3) is 0 Å². The third-order valence-electron chi connectivity index (χ3n) is 2.27. The first kappa shape index (κ1) is 14.1. The molecule has 0 aromatic heterocycles. The van der Waals surface area contributed by atoms with Crippen LogP contribution in [-0.2, 0) is 4.79 Å². The number of rotatable bonds is 4. The smallest absolute Gasteiger partial charge is 0.234 e. The Morgan fingerprint density at radius 2 is 2.18 bits per heavy atom. The molecule has 0 bridgehead atoms. The topological polar surface area (TPSA) is 64.3 Å². The molecule has 0 aliphatic carbocycles. The molecular weight excluding hydrogens is 263 g/mol. The predicted molar refractivity (Wildman–Crippen MR) is 68.6 cm³/mol. The van der Waals surface area contributed by atoms with Crippen molar-refractivity contribution in [3.8, 4) is 5.75 Å². The van der Waals surface area contributed by atoms with Crippen LogP contribution >= 0.6 is 23.2 Å². The zero-order chi connectivity index (χ0) is 13.0. The molecule has 1 atom stereocenters. The van der Waals surface area contributed by atoms with E-state index in [2.05, 4.69) is 5.32 Å². The highest BCUT2D eigenvalue weighted by Gasteiger charge is 2.16. The number of hydrogen-bond acceptors (Lipinski definition) is 3. The highest BCUT2D eigenvalue weighted by molar-refractivity contribution is 6.35. The Balaban J connectivity index is 3.07. The Morgan fingerprint density at radius 3 is 2.71 bits per heavy atom. The SMILES string of the molecule is COc1c(Cl)cc(Cl)cc1C(C)NC(=O)CN.